The fourth-order valence-electron chi connectivity index (χ4n) is 2.51. The lowest BCUT2D eigenvalue weighted by Gasteiger charge is -2.14. The molecule has 0 aromatic heterocycles. The Kier molecular flexibility index (Phi) is 1.12. The molecule has 0 spiro atoms. The van der Waals surface area contributed by atoms with Gasteiger partial charge in [0.2, 0.25) is 6.54 Å². The molecule has 3 fully saturated rings. The van der Waals surface area contributed by atoms with Crippen LogP contribution in [0.4, 0.5) is 0 Å². The van der Waals surface area contributed by atoms with Gasteiger partial charge in [-0.2, -0.15) is 0 Å². The van der Waals surface area contributed by atoms with Crippen molar-refractivity contribution in [1.82, 2.24) is 5.32 Å². The molecule has 5 heteroatoms. The molecule has 0 aromatic rings. The van der Waals surface area contributed by atoms with E-state index in [1.165, 1.54) is 6.42 Å². The molecule has 0 radical (unpaired) electrons. The number of hydrogen-bond acceptors (Lipinski definition) is 4. The van der Waals surface area contributed by atoms with Gasteiger partial charge in [-0.25, -0.2) is 0 Å². The lowest BCUT2D eigenvalue weighted by atomic mass is 10.0. The third kappa shape index (κ3) is 0.750. The van der Waals surface area contributed by atoms with Crippen molar-refractivity contribution in [1.29, 1.82) is 0 Å². The van der Waals surface area contributed by atoms with Crippen LogP contribution < -0.4 is 5.32 Å². The van der Waals surface area contributed by atoms with Crippen LogP contribution in [0.3, 0.4) is 0 Å². The smallest absolute Gasteiger partial charge is 0.221 e. The predicted octanol–water partition coefficient (Wildman–Crippen LogP) is -0.404. The highest BCUT2D eigenvalue weighted by Gasteiger charge is 2.63. The maximum absolute atomic E-state index is 10.3. The van der Waals surface area contributed by atoms with Crippen molar-refractivity contribution in [3.8, 4) is 0 Å². The van der Waals surface area contributed by atoms with Crippen LogP contribution in [0.5, 0.6) is 0 Å². The summed E-state index contributed by atoms with van der Waals surface area (Å²) in [6, 6.07) is -0.0336. The summed E-state index contributed by atoms with van der Waals surface area (Å²) in [5.41, 5.74) is 0. The lowest BCUT2D eigenvalue weighted by Crippen LogP contribution is -2.43. The van der Waals surface area contributed by atoms with Gasteiger partial charge in [0, 0.05) is 10.8 Å². The normalized spacial score (nSPS) is 53.8. The Morgan fingerprint density at radius 2 is 2.42 bits per heavy atom. The second-order valence-corrected chi connectivity index (χ2v) is 3.87. The number of nitrogens with one attached hydrogen (secondary N) is 1. The second kappa shape index (κ2) is 1.97. The fourth-order valence-corrected chi connectivity index (χ4v) is 2.51. The van der Waals surface area contributed by atoms with Crippen LogP contribution in [0.1, 0.15) is 6.42 Å². The van der Waals surface area contributed by atoms with Crippen molar-refractivity contribution in [3.05, 3.63) is 10.1 Å². The topological polar surface area (TPSA) is 64.4 Å². The summed E-state index contributed by atoms with van der Waals surface area (Å²) in [5, 5.41) is 13.4. The Hall–Kier alpha value is -0.680. The maximum atomic E-state index is 10.3. The summed E-state index contributed by atoms with van der Waals surface area (Å²) in [4.78, 5) is 10.00. The van der Waals surface area contributed by atoms with E-state index in [-0.39, 0.29) is 29.8 Å². The molecular weight excluding hydrogens is 160 g/mol. The monoisotopic (exact) mass is 170 g/mol. The van der Waals surface area contributed by atoms with E-state index in [0.717, 1.165) is 0 Å². The van der Waals surface area contributed by atoms with Crippen molar-refractivity contribution < 1.29 is 9.66 Å². The third-order valence-corrected chi connectivity index (χ3v) is 3.13. The van der Waals surface area contributed by atoms with Crippen LogP contribution in [-0.2, 0) is 4.74 Å². The highest BCUT2D eigenvalue weighted by atomic mass is 16.6. The first-order valence-electron chi connectivity index (χ1n) is 4.29. The molecular formula is C7H10N2O3. The van der Waals surface area contributed by atoms with Gasteiger partial charge in [-0.15, -0.1) is 0 Å². The summed E-state index contributed by atoms with van der Waals surface area (Å²) >= 11 is 0. The minimum absolute atomic E-state index is 0.00435. The number of fused-ring (bicyclic) bond motifs is 5. The maximum Gasteiger partial charge on any atom is 0.221 e. The number of piperidine rings is 1. The molecule has 5 atom stereocenters. The number of rotatable bonds is 2. The van der Waals surface area contributed by atoms with Crippen molar-refractivity contribution in [2.45, 2.75) is 24.8 Å². The number of nitro groups is 1. The number of hydrogen-bond donors (Lipinski definition) is 1. The van der Waals surface area contributed by atoms with Crippen molar-refractivity contribution >= 4 is 0 Å². The SMILES string of the molecule is O=[N+]([O-])CC1NC2OC1C1CC21. The quantitative estimate of drug-likeness (QED) is 0.452. The van der Waals surface area contributed by atoms with Crippen LogP contribution in [0, 0.1) is 22.0 Å². The molecule has 2 aliphatic heterocycles. The highest BCUT2D eigenvalue weighted by Crippen LogP contribution is 2.55. The molecule has 12 heavy (non-hydrogen) atoms. The first-order chi connectivity index (χ1) is 5.75. The van der Waals surface area contributed by atoms with Gasteiger partial charge in [0.1, 0.15) is 12.3 Å². The van der Waals surface area contributed by atoms with Gasteiger partial charge in [-0.05, 0) is 12.3 Å². The van der Waals surface area contributed by atoms with E-state index in [4.69, 9.17) is 4.74 Å². The fraction of sp³-hybridized carbons (Fsp3) is 1.00. The van der Waals surface area contributed by atoms with Crippen LogP contribution in [0.15, 0.2) is 0 Å². The first kappa shape index (κ1) is 6.80. The molecule has 5 unspecified atom stereocenters. The Bertz CT molecular complexity index is 245. The zero-order chi connectivity index (χ0) is 8.29. The van der Waals surface area contributed by atoms with Gasteiger partial charge in [0.25, 0.3) is 0 Å². The van der Waals surface area contributed by atoms with Gasteiger partial charge in [-0.1, -0.05) is 0 Å². The van der Waals surface area contributed by atoms with Crippen LogP contribution >= 0.6 is 0 Å². The number of ether oxygens (including phenoxy) is 1. The standard InChI is InChI=1S/C7H10N2O3/c10-9(11)2-5-6-3-1-4(3)7(8-5)12-6/h3-8H,1-2H2. The minimum Gasteiger partial charge on any atom is -0.358 e. The highest BCUT2D eigenvalue weighted by molar-refractivity contribution is 5.11. The van der Waals surface area contributed by atoms with Crippen LogP contribution in [0.2, 0.25) is 0 Å². The Morgan fingerprint density at radius 3 is 3.00 bits per heavy atom. The largest absolute Gasteiger partial charge is 0.358 e. The molecule has 66 valence electrons. The predicted molar refractivity (Wildman–Crippen MR) is 39.0 cm³/mol. The molecule has 3 aliphatic rings. The summed E-state index contributed by atoms with van der Waals surface area (Å²) in [5.74, 6) is 1.29. The zero-order valence-electron chi connectivity index (χ0n) is 6.47. The molecule has 0 amide bonds. The van der Waals surface area contributed by atoms with E-state index in [2.05, 4.69) is 5.32 Å². The molecule has 5 nitrogen and oxygen atoms in total. The molecule has 2 saturated heterocycles. The van der Waals surface area contributed by atoms with E-state index in [9.17, 15) is 10.1 Å². The molecule has 3 rings (SSSR count). The van der Waals surface area contributed by atoms with E-state index < -0.39 is 0 Å². The van der Waals surface area contributed by atoms with E-state index in [0.29, 0.717) is 11.8 Å². The van der Waals surface area contributed by atoms with E-state index in [1.54, 1.807) is 0 Å². The Balaban J connectivity index is 1.72. The molecule has 0 aromatic carbocycles. The van der Waals surface area contributed by atoms with Gasteiger partial charge >= 0.3 is 0 Å². The van der Waals surface area contributed by atoms with Crippen molar-refractivity contribution in [2.24, 2.45) is 11.8 Å². The van der Waals surface area contributed by atoms with Crippen molar-refractivity contribution in [3.63, 3.8) is 0 Å². The number of nitrogens with zero attached hydrogens (tertiary/aromatic N) is 1. The Labute approximate surface area is 69.2 Å². The van der Waals surface area contributed by atoms with E-state index in [1.807, 2.05) is 0 Å². The summed E-state index contributed by atoms with van der Waals surface area (Å²) < 4.78 is 5.53. The molecule has 2 bridgehead atoms. The van der Waals surface area contributed by atoms with Crippen LogP contribution in [0.25, 0.3) is 0 Å². The van der Waals surface area contributed by atoms with Crippen molar-refractivity contribution in [2.75, 3.05) is 6.54 Å². The summed E-state index contributed by atoms with van der Waals surface area (Å²) in [6.07, 6.45) is 1.46. The average Bonchev–Trinajstić information content (AvgIpc) is 2.61. The van der Waals surface area contributed by atoms with Gasteiger partial charge in [0.05, 0.1) is 6.10 Å². The van der Waals surface area contributed by atoms with E-state index >= 15 is 0 Å². The first-order valence-corrected chi connectivity index (χ1v) is 4.29. The minimum atomic E-state index is -0.265. The van der Waals surface area contributed by atoms with Gasteiger partial charge < -0.3 is 4.74 Å². The molecule has 1 N–H and O–H groups in total. The summed E-state index contributed by atoms with van der Waals surface area (Å²) in [7, 11) is 0. The van der Waals surface area contributed by atoms with Gasteiger partial charge in [-0.3, -0.25) is 15.4 Å². The molecule has 1 saturated carbocycles. The second-order valence-electron chi connectivity index (χ2n) is 3.87. The van der Waals surface area contributed by atoms with Crippen LogP contribution in [-0.4, -0.2) is 29.8 Å². The average molecular weight is 170 g/mol. The molecule has 1 aliphatic carbocycles. The van der Waals surface area contributed by atoms with Gasteiger partial charge in [0.15, 0.2) is 0 Å². The lowest BCUT2D eigenvalue weighted by molar-refractivity contribution is -0.484. The summed E-state index contributed by atoms with van der Waals surface area (Å²) in [6.45, 7) is 0.00435. The molecule has 2 heterocycles. The Morgan fingerprint density at radius 1 is 1.58 bits per heavy atom. The zero-order valence-corrected chi connectivity index (χ0v) is 6.47. The third-order valence-electron chi connectivity index (χ3n) is 3.13.